The van der Waals surface area contributed by atoms with Crippen LogP contribution >= 0.6 is 15.9 Å². The molecule has 0 aliphatic carbocycles. The predicted molar refractivity (Wildman–Crippen MR) is 77.2 cm³/mol. The SMILES string of the molecule is COc1ccc(C(=O)C(OC)C(C)C)c(OC)c1Br. The summed E-state index contributed by atoms with van der Waals surface area (Å²) in [6.45, 7) is 3.88. The van der Waals surface area contributed by atoms with Gasteiger partial charge >= 0.3 is 0 Å². The molecule has 0 aliphatic heterocycles. The number of hydrogen-bond donors (Lipinski definition) is 0. The maximum absolute atomic E-state index is 12.5. The van der Waals surface area contributed by atoms with Crippen LogP contribution in [0.1, 0.15) is 24.2 Å². The third-order valence-electron chi connectivity index (χ3n) is 2.87. The minimum absolute atomic E-state index is 0.0862. The van der Waals surface area contributed by atoms with E-state index in [4.69, 9.17) is 14.2 Å². The van der Waals surface area contributed by atoms with Gasteiger partial charge in [-0.15, -0.1) is 0 Å². The Morgan fingerprint density at radius 2 is 1.79 bits per heavy atom. The number of ketones is 1. The van der Waals surface area contributed by atoms with Crippen LogP contribution in [0.25, 0.3) is 0 Å². The van der Waals surface area contributed by atoms with E-state index in [2.05, 4.69) is 15.9 Å². The Hall–Kier alpha value is -1.07. The number of rotatable bonds is 6. The van der Waals surface area contributed by atoms with Crippen LogP contribution in [0.5, 0.6) is 11.5 Å². The molecule has 1 rings (SSSR count). The van der Waals surface area contributed by atoms with Gasteiger partial charge in [0.05, 0.1) is 19.8 Å². The molecular weight excluding hydrogens is 312 g/mol. The van der Waals surface area contributed by atoms with Gasteiger partial charge in [-0.2, -0.15) is 0 Å². The van der Waals surface area contributed by atoms with Crippen LogP contribution in [-0.2, 0) is 4.74 Å². The molecule has 0 amide bonds. The zero-order chi connectivity index (χ0) is 14.6. The van der Waals surface area contributed by atoms with E-state index in [1.165, 1.54) is 14.2 Å². The van der Waals surface area contributed by atoms with E-state index in [0.717, 1.165) is 0 Å². The third-order valence-corrected chi connectivity index (χ3v) is 3.62. The van der Waals surface area contributed by atoms with Crippen LogP contribution in [0.3, 0.4) is 0 Å². The van der Waals surface area contributed by atoms with E-state index >= 15 is 0 Å². The quantitative estimate of drug-likeness (QED) is 0.750. The molecule has 4 nitrogen and oxygen atoms in total. The standard InChI is InChI=1S/C14H19BrO4/c1-8(2)13(18-4)12(16)9-6-7-10(17-3)11(15)14(9)19-5/h6-8,13H,1-5H3. The number of hydrogen-bond acceptors (Lipinski definition) is 4. The van der Waals surface area contributed by atoms with Gasteiger partial charge in [0, 0.05) is 7.11 Å². The molecule has 0 heterocycles. The van der Waals surface area contributed by atoms with Crippen LogP contribution < -0.4 is 9.47 Å². The van der Waals surface area contributed by atoms with Crippen molar-refractivity contribution in [3.63, 3.8) is 0 Å². The first-order chi connectivity index (χ1) is 8.97. The van der Waals surface area contributed by atoms with Crippen LogP contribution in [0.15, 0.2) is 16.6 Å². The number of benzene rings is 1. The Kier molecular flexibility index (Phi) is 5.82. The van der Waals surface area contributed by atoms with E-state index in [-0.39, 0.29) is 11.7 Å². The average Bonchev–Trinajstić information content (AvgIpc) is 2.38. The molecule has 0 aliphatic rings. The second-order valence-corrected chi connectivity index (χ2v) is 5.22. The molecule has 0 spiro atoms. The maximum Gasteiger partial charge on any atom is 0.195 e. The van der Waals surface area contributed by atoms with Gasteiger partial charge in [0.25, 0.3) is 0 Å². The summed E-state index contributed by atoms with van der Waals surface area (Å²) < 4.78 is 16.4. The van der Waals surface area contributed by atoms with E-state index in [1.54, 1.807) is 19.2 Å². The molecule has 5 heteroatoms. The molecule has 0 radical (unpaired) electrons. The Balaban J connectivity index is 3.27. The van der Waals surface area contributed by atoms with Crippen molar-refractivity contribution in [1.82, 2.24) is 0 Å². The van der Waals surface area contributed by atoms with E-state index in [0.29, 0.717) is 21.5 Å². The zero-order valence-electron chi connectivity index (χ0n) is 11.8. The van der Waals surface area contributed by atoms with Crippen LogP contribution in [0.2, 0.25) is 0 Å². The van der Waals surface area contributed by atoms with Crippen molar-refractivity contribution in [2.45, 2.75) is 20.0 Å². The average molecular weight is 331 g/mol. The van der Waals surface area contributed by atoms with Gasteiger partial charge < -0.3 is 14.2 Å². The van der Waals surface area contributed by atoms with E-state index in [9.17, 15) is 4.79 Å². The number of ether oxygens (including phenoxy) is 3. The van der Waals surface area contributed by atoms with Crippen molar-refractivity contribution in [3.05, 3.63) is 22.2 Å². The number of halogens is 1. The van der Waals surface area contributed by atoms with Crippen molar-refractivity contribution in [2.75, 3.05) is 21.3 Å². The van der Waals surface area contributed by atoms with Gasteiger partial charge in [0.2, 0.25) is 0 Å². The summed E-state index contributed by atoms with van der Waals surface area (Å²) in [4.78, 5) is 12.5. The molecule has 0 aromatic heterocycles. The molecule has 19 heavy (non-hydrogen) atoms. The Morgan fingerprint density at radius 1 is 1.16 bits per heavy atom. The summed E-state index contributed by atoms with van der Waals surface area (Å²) in [6, 6.07) is 3.42. The normalized spacial score (nSPS) is 12.4. The number of methoxy groups -OCH3 is 3. The summed E-state index contributed by atoms with van der Waals surface area (Å²) in [5.74, 6) is 1.07. The Morgan fingerprint density at radius 3 is 2.21 bits per heavy atom. The lowest BCUT2D eigenvalue weighted by molar-refractivity contribution is 0.0456. The molecule has 0 bridgehead atoms. The van der Waals surface area contributed by atoms with E-state index in [1.807, 2.05) is 13.8 Å². The largest absolute Gasteiger partial charge is 0.495 e. The lowest BCUT2D eigenvalue weighted by Crippen LogP contribution is -2.29. The highest BCUT2D eigenvalue weighted by molar-refractivity contribution is 9.10. The monoisotopic (exact) mass is 330 g/mol. The summed E-state index contributed by atoms with van der Waals surface area (Å²) in [6.07, 6.45) is -0.491. The highest BCUT2D eigenvalue weighted by atomic mass is 79.9. The van der Waals surface area contributed by atoms with Gasteiger partial charge in [0.15, 0.2) is 5.78 Å². The van der Waals surface area contributed by atoms with Gasteiger partial charge in [-0.25, -0.2) is 0 Å². The second-order valence-electron chi connectivity index (χ2n) is 4.43. The molecule has 1 aromatic carbocycles. The zero-order valence-corrected chi connectivity index (χ0v) is 13.4. The third kappa shape index (κ3) is 3.28. The summed E-state index contributed by atoms with van der Waals surface area (Å²) in [5, 5.41) is 0. The Bertz CT molecular complexity index is 457. The van der Waals surface area contributed by atoms with Gasteiger partial charge in [0.1, 0.15) is 22.1 Å². The molecule has 1 atom stereocenters. The molecule has 0 saturated carbocycles. The molecule has 0 fully saturated rings. The van der Waals surface area contributed by atoms with Gasteiger partial charge in [-0.1, -0.05) is 13.8 Å². The summed E-state index contributed by atoms with van der Waals surface area (Å²) in [7, 11) is 4.62. The Labute approximate surface area is 122 Å². The second kappa shape index (κ2) is 6.91. The number of carbonyl (C=O) groups is 1. The van der Waals surface area contributed by atoms with Crippen molar-refractivity contribution in [1.29, 1.82) is 0 Å². The highest BCUT2D eigenvalue weighted by Gasteiger charge is 2.27. The first-order valence-corrected chi connectivity index (χ1v) is 6.74. The predicted octanol–water partition coefficient (Wildman–Crippen LogP) is 3.32. The molecule has 0 saturated heterocycles. The minimum Gasteiger partial charge on any atom is -0.495 e. The molecule has 1 aromatic rings. The number of carbonyl (C=O) groups excluding carboxylic acids is 1. The molecular formula is C14H19BrO4. The summed E-state index contributed by atoms with van der Waals surface area (Å²) >= 11 is 3.39. The summed E-state index contributed by atoms with van der Waals surface area (Å²) in [5.41, 5.74) is 0.482. The molecule has 0 N–H and O–H groups in total. The fourth-order valence-electron chi connectivity index (χ4n) is 1.92. The smallest absolute Gasteiger partial charge is 0.195 e. The fourth-order valence-corrected chi connectivity index (χ4v) is 2.59. The first kappa shape index (κ1) is 16.0. The van der Waals surface area contributed by atoms with Crippen molar-refractivity contribution in [3.8, 4) is 11.5 Å². The van der Waals surface area contributed by atoms with Gasteiger partial charge in [-0.05, 0) is 34.0 Å². The van der Waals surface area contributed by atoms with Crippen LogP contribution in [0, 0.1) is 5.92 Å². The van der Waals surface area contributed by atoms with Crippen LogP contribution in [0.4, 0.5) is 0 Å². The lowest BCUT2D eigenvalue weighted by atomic mass is 9.97. The van der Waals surface area contributed by atoms with Crippen molar-refractivity contribution < 1.29 is 19.0 Å². The highest BCUT2D eigenvalue weighted by Crippen LogP contribution is 2.38. The minimum atomic E-state index is -0.491. The maximum atomic E-state index is 12.5. The molecule has 106 valence electrons. The van der Waals surface area contributed by atoms with Crippen LogP contribution in [-0.4, -0.2) is 33.2 Å². The number of Topliss-reactive ketones (excluding diaryl/α,β-unsaturated/α-hetero) is 1. The van der Waals surface area contributed by atoms with E-state index < -0.39 is 6.10 Å². The fraction of sp³-hybridized carbons (Fsp3) is 0.500. The van der Waals surface area contributed by atoms with Crippen molar-refractivity contribution in [2.24, 2.45) is 5.92 Å². The van der Waals surface area contributed by atoms with Gasteiger partial charge in [-0.3, -0.25) is 4.79 Å². The molecule has 1 unspecified atom stereocenters. The lowest BCUT2D eigenvalue weighted by Gasteiger charge is -2.20. The first-order valence-electron chi connectivity index (χ1n) is 5.95. The van der Waals surface area contributed by atoms with Crippen molar-refractivity contribution >= 4 is 21.7 Å². The topological polar surface area (TPSA) is 44.8 Å².